The summed E-state index contributed by atoms with van der Waals surface area (Å²) in [5.74, 6) is -0.259. The molecule has 0 amide bonds. The second-order valence-corrected chi connectivity index (χ2v) is 3.96. The fraction of sp³-hybridized carbons (Fsp3) is 0.417. The topological polar surface area (TPSA) is 76.0 Å². The van der Waals surface area contributed by atoms with E-state index in [0.29, 0.717) is 29.9 Å². The van der Waals surface area contributed by atoms with Gasteiger partial charge in [-0.05, 0) is 18.6 Å². The number of carbonyl (C=O) groups excluding carboxylic acids is 1. The lowest BCUT2D eigenvalue weighted by Crippen LogP contribution is -2.15. The Hall–Kier alpha value is -1.75. The summed E-state index contributed by atoms with van der Waals surface area (Å²) in [6, 6.07) is 1.70. The molecule has 0 fully saturated rings. The molecule has 92 valence electrons. The molecular weight excluding hydrogens is 224 g/mol. The van der Waals surface area contributed by atoms with Gasteiger partial charge in [-0.1, -0.05) is 0 Å². The molecule has 2 N–H and O–H groups in total. The summed E-state index contributed by atoms with van der Waals surface area (Å²) in [4.78, 5) is 11.4. The third-order valence-corrected chi connectivity index (χ3v) is 2.91. The lowest BCUT2D eigenvalue weighted by atomic mass is 9.96. The van der Waals surface area contributed by atoms with Gasteiger partial charge in [-0.25, -0.2) is 4.79 Å². The lowest BCUT2D eigenvalue weighted by Gasteiger charge is -2.15. The summed E-state index contributed by atoms with van der Waals surface area (Å²) in [5, 5.41) is 19.8. The summed E-state index contributed by atoms with van der Waals surface area (Å²) >= 11 is 0. The highest BCUT2D eigenvalue weighted by Crippen LogP contribution is 2.40. The lowest BCUT2D eigenvalue weighted by molar-refractivity contribution is -0.150. The largest absolute Gasteiger partial charge is 0.507 e. The van der Waals surface area contributed by atoms with E-state index in [0.717, 1.165) is 0 Å². The van der Waals surface area contributed by atoms with Crippen LogP contribution in [0.15, 0.2) is 6.07 Å². The number of aliphatic hydroxyl groups is 1. The van der Waals surface area contributed by atoms with E-state index < -0.39 is 12.1 Å². The van der Waals surface area contributed by atoms with E-state index in [2.05, 4.69) is 4.74 Å². The van der Waals surface area contributed by atoms with Crippen molar-refractivity contribution in [2.75, 3.05) is 13.7 Å². The Bertz CT molecular complexity index is 466. The minimum absolute atomic E-state index is 0.0767. The number of rotatable bonds is 2. The van der Waals surface area contributed by atoms with Crippen LogP contribution < -0.4 is 4.74 Å². The van der Waals surface area contributed by atoms with Crippen LogP contribution in [0.5, 0.6) is 11.5 Å². The van der Waals surface area contributed by atoms with Gasteiger partial charge in [0.1, 0.15) is 11.5 Å². The van der Waals surface area contributed by atoms with Crippen molar-refractivity contribution in [2.24, 2.45) is 0 Å². The van der Waals surface area contributed by atoms with Crippen molar-refractivity contribution in [2.45, 2.75) is 19.4 Å². The van der Waals surface area contributed by atoms with Crippen LogP contribution in [0.4, 0.5) is 0 Å². The molecule has 0 spiro atoms. The van der Waals surface area contributed by atoms with Crippen LogP contribution in [-0.2, 0) is 16.0 Å². The zero-order chi connectivity index (χ0) is 12.6. The van der Waals surface area contributed by atoms with Crippen molar-refractivity contribution in [1.82, 2.24) is 0 Å². The van der Waals surface area contributed by atoms with Crippen molar-refractivity contribution in [3.63, 3.8) is 0 Å². The first-order chi connectivity index (χ1) is 8.06. The molecule has 1 aromatic carbocycles. The average molecular weight is 238 g/mol. The van der Waals surface area contributed by atoms with Gasteiger partial charge in [0, 0.05) is 17.5 Å². The van der Waals surface area contributed by atoms with Crippen molar-refractivity contribution < 1.29 is 24.5 Å². The number of hydrogen-bond acceptors (Lipinski definition) is 5. The Balaban J connectivity index is 2.56. The van der Waals surface area contributed by atoms with Crippen LogP contribution in [0.2, 0.25) is 0 Å². The zero-order valence-electron chi connectivity index (χ0n) is 9.69. The number of aliphatic hydroxyl groups excluding tert-OH is 1. The number of hydrogen-bond donors (Lipinski definition) is 2. The quantitative estimate of drug-likeness (QED) is 0.747. The zero-order valence-corrected chi connectivity index (χ0v) is 9.69. The van der Waals surface area contributed by atoms with Crippen molar-refractivity contribution in [3.8, 4) is 11.5 Å². The molecule has 17 heavy (non-hydrogen) atoms. The molecule has 0 saturated heterocycles. The molecule has 1 heterocycles. The number of aryl methyl sites for hydroxylation is 1. The van der Waals surface area contributed by atoms with Crippen molar-refractivity contribution in [3.05, 3.63) is 22.8 Å². The molecule has 5 nitrogen and oxygen atoms in total. The van der Waals surface area contributed by atoms with E-state index in [4.69, 9.17) is 4.74 Å². The van der Waals surface area contributed by atoms with Crippen molar-refractivity contribution >= 4 is 5.97 Å². The maximum Gasteiger partial charge on any atom is 0.339 e. The monoisotopic (exact) mass is 238 g/mol. The van der Waals surface area contributed by atoms with Gasteiger partial charge in [0.05, 0.1) is 13.7 Å². The molecule has 0 aliphatic carbocycles. The second kappa shape index (κ2) is 4.25. The molecular formula is C12H14O5. The minimum Gasteiger partial charge on any atom is -0.507 e. The van der Waals surface area contributed by atoms with E-state index in [1.165, 1.54) is 7.11 Å². The molecule has 1 aliphatic rings. The van der Waals surface area contributed by atoms with Gasteiger partial charge in [-0.2, -0.15) is 0 Å². The molecule has 5 heteroatoms. The number of esters is 1. The Labute approximate surface area is 98.6 Å². The molecule has 0 aromatic heterocycles. The Kier molecular flexibility index (Phi) is 2.93. The summed E-state index contributed by atoms with van der Waals surface area (Å²) in [5.41, 5.74) is 1.43. The average Bonchev–Trinajstić information content (AvgIpc) is 2.76. The molecule has 1 aromatic rings. The smallest absolute Gasteiger partial charge is 0.339 e. The van der Waals surface area contributed by atoms with Crippen LogP contribution in [0.25, 0.3) is 0 Å². The van der Waals surface area contributed by atoms with Gasteiger partial charge in [0.15, 0.2) is 6.10 Å². The highest BCUT2D eigenvalue weighted by Gasteiger charge is 2.30. The predicted molar refractivity (Wildman–Crippen MR) is 59.0 cm³/mol. The molecule has 0 saturated carbocycles. The summed E-state index contributed by atoms with van der Waals surface area (Å²) in [6.07, 6.45) is -0.914. The molecule has 1 unspecified atom stereocenters. The number of fused-ring (bicyclic) bond motifs is 1. The van der Waals surface area contributed by atoms with Crippen LogP contribution in [0.3, 0.4) is 0 Å². The predicted octanol–water partition coefficient (Wildman–Crippen LogP) is 0.842. The fourth-order valence-corrected chi connectivity index (χ4v) is 2.01. The standard InChI is InChI=1S/C12H14O5/c1-6-5-8-7(3-4-17-8)9(10(6)13)11(14)12(15)16-2/h5,11,13-14H,3-4H2,1-2H3. The summed E-state index contributed by atoms with van der Waals surface area (Å²) in [6.45, 7) is 2.17. The molecule has 1 atom stereocenters. The summed E-state index contributed by atoms with van der Waals surface area (Å²) in [7, 11) is 1.19. The third kappa shape index (κ3) is 1.82. The van der Waals surface area contributed by atoms with Crippen LogP contribution in [-0.4, -0.2) is 29.9 Å². The number of phenolic OH excluding ortho intramolecular Hbond substituents is 1. The van der Waals surface area contributed by atoms with Crippen molar-refractivity contribution in [1.29, 1.82) is 0 Å². The Morgan fingerprint density at radius 1 is 1.59 bits per heavy atom. The van der Waals surface area contributed by atoms with E-state index in [-0.39, 0.29) is 11.3 Å². The van der Waals surface area contributed by atoms with Crippen LogP contribution in [0.1, 0.15) is 22.8 Å². The number of aromatic hydroxyl groups is 1. The van der Waals surface area contributed by atoms with E-state index >= 15 is 0 Å². The van der Waals surface area contributed by atoms with Gasteiger partial charge in [0.2, 0.25) is 0 Å². The van der Waals surface area contributed by atoms with E-state index in [1.54, 1.807) is 13.0 Å². The number of carbonyl (C=O) groups is 1. The van der Waals surface area contributed by atoms with Gasteiger partial charge >= 0.3 is 5.97 Å². The van der Waals surface area contributed by atoms with Crippen LogP contribution >= 0.6 is 0 Å². The first-order valence-electron chi connectivity index (χ1n) is 5.30. The first kappa shape index (κ1) is 11.7. The van der Waals surface area contributed by atoms with E-state index in [1.807, 2.05) is 0 Å². The van der Waals surface area contributed by atoms with Crippen LogP contribution in [0, 0.1) is 6.92 Å². The van der Waals surface area contributed by atoms with Gasteiger partial charge in [0.25, 0.3) is 0 Å². The van der Waals surface area contributed by atoms with E-state index in [9.17, 15) is 15.0 Å². The van der Waals surface area contributed by atoms with Gasteiger partial charge in [-0.15, -0.1) is 0 Å². The first-order valence-corrected chi connectivity index (χ1v) is 5.30. The maximum atomic E-state index is 11.4. The SMILES string of the molecule is COC(=O)C(O)c1c(O)c(C)cc2c1CCO2. The number of benzene rings is 1. The minimum atomic E-state index is -1.48. The highest BCUT2D eigenvalue weighted by molar-refractivity contribution is 5.79. The molecule has 0 radical (unpaired) electrons. The Morgan fingerprint density at radius 2 is 2.29 bits per heavy atom. The molecule has 1 aliphatic heterocycles. The van der Waals surface area contributed by atoms with Gasteiger partial charge < -0.3 is 19.7 Å². The fourth-order valence-electron chi connectivity index (χ4n) is 2.01. The number of methoxy groups -OCH3 is 1. The second-order valence-electron chi connectivity index (χ2n) is 3.96. The molecule has 2 rings (SSSR count). The normalized spacial score (nSPS) is 15.0. The number of ether oxygens (including phenoxy) is 2. The highest BCUT2D eigenvalue weighted by atomic mass is 16.5. The Morgan fingerprint density at radius 3 is 2.94 bits per heavy atom. The maximum absolute atomic E-state index is 11.4. The molecule has 0 bridgehead atoms. The van der Waals surface area contributed by atoms with Gasteiger partial charge in [-0.3, -0.25) is 0 Å². The summed E-state index contributed by atoms with van der Waals surface area (Å²) < 4.78 is 9.84. The third-order valence-electron chi connectivity index (χ3n) is 2.91. The number of phenols is 1.